The number of thiophene rings is 1. The molecule has 3 aromatic heterocycles. The summed E-state index contributed by atoms with van der Waals surface area (Å²) < 4.78 is 0. The van der Waals surface area contributed by atoms with Gasteiger partial charge in [0, 0.05) is 36.1 Å². The van der Waals surface area contributed by atoms with Crippen LogP contribution < -0.4 is 16.4 Å². The number of nitrogens with one attached hydrogen (secondary N) is 3. The smallest absolute Gasteiger partial charge is 0.224 e. The SMILES string of the molecule is N[C@H]1CC[C@H](Nc2ncc3c(-c4cccc(NCc5ccsc5)c4)n[nH]c3n2)CC1. The lowest BCUT2D eigenvalue weighted by atomic mass is 9.92. The number of nitrogens with zero attached hydrogens (tertiary/aromatic N) is 3. The van der Waals surface area contributed by atoms with Crippen LogP contribution in [0.1, 0.15) is 31.2 Å². The molecule has 1 saturated carbocycles. The molecule has 0 saturated heterocycles. The van der Waals surface area contributed by atoms with E-state index in [4.69, 9.17) is 5.73 Å². The largest absolute Gasteiger partial charge is 0.381 e. The average Bonchev–Trinajstić information content (AvgIpc) is 3.44. The molecule has 3 heterocycles. The number of anilines is 2. The number of hydrogen-bond donors (Lipinski definition) is 4. The average molecular weight is 420 g/mol. The Morgan fingerprint density at radius 3 is 2.90 bits per heavy atom. The molecule has 0 amide bonds. The van der Waals surface area contributed by atoms with Crippen molar-refractivity contribution in [3.8, 4) is 11.3 Å². The van der Waals surface area contributed by atoms with Crippen molar-refractivity contribution in [3.05, 3.63) is 52.9 Å². The number of H-pyrrole nitrogens is 1. The van der Waals surface area contributed by atoms with Gasteiger partial charge in [-0.3, -0.25) is 5.10 Å². The highest BCUT2D eigenvalue weighted by molar-refractivity contribution is 7.07. The lowest BCUT2D eigenvalue weighted by molar-refractivity contribution is 0.410. The summed E-state index contributed by atoms with van der Waals surface area (Å²) in [7, 11) is 0. The maximum atomic E-state index is 6.00. The number of hydrogen-bond acceptors (Lipinski definition) is 7. The topological polar surface area (TPSA) is 105 Å². The first-order valence-electron chi connectivity index (χ1n) is 10.3. The van der Waals surface area contributed by atoms with Gasteiger partial charge in [0.1, 0.15) is 5.69 Å². The van der Waals surface area contributed by atoms with Gasteiger partial charge in [0.2, 0.25) is 5.95 Å². The van der Waals surface area contributed by atoms with E-state index in [2.05, 4.69) is 65.8 Å². The predicted octanol–water partition coefficient (Wildman–Crippen LogP) is 4.38. The zero-order chi connectivity index (χ0) is 20.3. The minimum absolute atomic E-state index is 0.331. The fraction of sp³-hybridized carbons (Fsp3) is 0.318. The molecule has 1 aromatic carbocycles. The van der Waals surface area contributed by atoms with Crippen molar-refractivity contribution in [2.24, 2.45) is 5.73 Å². The molecule has 1 fully saturated rings. The predicted molar refractivity (Wildman–Crippen MR) is 123 cm³/mol. The van der Waals surface area contributed by atoms with E-state index in [1.54, 1.807) is 11.3 Å². The first kappa shape index (κ1) is 19.0. The molecule has 0 bridgehead atoms. The quantitative estimate of drug-likeness (QED) is 0.370. The number of benzene rings is 1. The van der Waals surface area contributed by atoms with Crippen molar-refractivity contribution < 1.29 is 0 Å². The normalized spacial score (nSPS) is 19.1. The summed E-state index contributed by atoms with van der Waals surface area (Å²) in [6.45, 7) is 0.804. The number of rotatable bonds is 6. The first-order valence-corrected chi connectivity index (χ1v) is 11.3. The van der Waals surface area contributed by atoms with Crippen LogP contribution in [-0.4, -0.2) is 32.2 Å². The van der Waals surface area contributed by atoms with Crippen molar-refractivity contribution in [2.75, 3.05) is 10.6 Å². The van der Waals surface area contributed by atoms with Crippen molar-refractivity contribution in [1.29, 1.82) is 0 Å². The van der Waals surface area contributed by atoms with Crippen LogP contribution in [0.4, 0.5) is 11.6 Å². The monoisotopic (exact) mass is 419 g/mol. The second-order valence-corrected chi connectivity index (χ2v) is 8.63. The Balaban J connectivity index is 1.33. The molecule has 0 radical (unpaired) electrons. The lowest BCUT2D eigenvalue weighted by Gasteiger charge is -2.26. The highest BCUT2D eigenvalue weighted by Crippen LogP contribution is 2.28. The third kappa shape index (κ3) is 4.15. The number of aromatic nitrogens is 4. The van der Waals surface area contributed by atoms with Crippen LogP contribution >= 0.6 is 11.3 Å². The molecule has 8 heteroatoms. The lowest BCUT2D eigenvalue weighted by Crippen LogP contribution is -2.33. The maximum absolute atomic E-state index is 6.00. The molecule has 1 aliphatic carbocycles. The zero-order valence-electron chi connectivity index (χ0n) is 16.6. The van der Waals surface area contributed by atoms with Crippen LogP contribution in [-0.2, 0) is 6.54 Å². The van der Waals surface area contributed by atoms with Gasteiger partial charge in [-0.15, -0.1) is 0 Å². The van der Waals surface area contributed by atoms with Crippen LogP contribution in [0.2, 0.25) is 0 Å². The Morgan fingerprint density at radius 2 is 2.07 bits per heavy atom. The summed E-state index contributed by atoms with van der Waals surface area (Å²) in [5, 5.41) is 19.7. The summed E-state index contributed by atoms with van der Waals surface area (Å²) in [4.78, 5) is 9.18. The first-order chi connectivity index (χ1) is 14.7. The van der Waals surface area contributed by atoms with Gasteiger partial charge in [-0.05, 0) is 60.2 Å². The van der Waals surface area contributed by atoms with E-state index in [-0.39, 0.29) is 0 Å². The van der Waals surface area contributed by atoms with Gasteiger partial charge in [0.25, 0.3) is 0 Å². The molecular weight excluding hydrogens is 394 g/mol. The molecule has 0 aliphatic heterocycles. The van der Waals surface area contributed by atoms with Gasteiger partial charge in [0.05, 0.1) is 5.39 Å². The van der Waals surface area contributed by atoms with Crippen LogP contribution in [0.3, 0.4) is 0 Å². The standard InChI is InChI=1S/C22H25N7S/c23-16-4-6-17(7-5-16)26-22-25-12-19-20(28-29-21(19)27-22)15-2-1-3-18(10-15)24-11-14-8-9-30-13-14/h1-3,8-10,12-13,16-17,24H,4-7,11,23H2,(H2,25,26,27,28,29)/t16-,17-. The van der Waals surface area contributed by atoms with Gasteiger partial charge < -0.3 is 16.4 Å². The van der Waals surface area contributed by atoms with Gasteiger partial charge in [-0.1, -0.05) is 12.1 Å². The summed E-state index contributed by atoms with van der Waals surface area (Å²) >= 11 is 1.71. The number of fused-ring (bicyclic) bond motifs is 1. The summed E-state index contributed by atoms with van der Waals surface area (Å²) in [6.07, 6.45) is 6.06. The van der Waals surface area contributed by atoms with Crippen LogP contribution in [0.5, 0.6) is 0 Å². The maximum Gasteiger partial charge on any atom is 0.224 e. The third-order valence-corrected chi connectivity index (χ3v) is 6.37. The minimum Gasteiger partial charge on any atom is -0.381 e. The molecule has 1 aliphatic rings. The molecule has 0 unspecified atom stereocenters. The molecule has 30 heavy (non-hydrogen) atoms. The fourth-order valence-electron chi connectivity index (χ4n) is 3.92. The summed E-state index contributed by atoms with van der Waals surface area (Å²) in [5.74, 6) is 0.643. The molecule has 7 nitrogen and oxygen atoms in total. The fourth-order valence-corrected chi connectivity index (χ4v) is 4.59. The molecule has 4 aromatic rings. The van der Waals surface area contributed by atoms with Gasteiger partial charge >= 0.3 is 0 Å². The van der Waals surface area contributed by atoms with E-state index in [1.807, 2.05) is 12.3 Å². The van der Waals surface area contributed by atoms with E-state index in [0.717, 1.165) is 60.2 Å². The van der Waals surface area contributed by atoms with Crippen LogP contribution in [0.25, 0.3) is 22.3 Å². The third-order valence-electron chi connectivity index (χ3n) is 5.64. The van der Waals surface area contributed by atoms with Crippen LogP contribution in [0.15, 0.2) is 47.3 Å². The van der Waals surface area contributed by atoms with E-state index in [1.165, 1.54) is 5.56 Å². The highest BCUT2D eigenvalue weighted by atomic mass is 32.1. The molecular formula is C22H25N7S. The molecule has 154 valence electrons. The zero-order valence-corrected chi connectivity index (χ0v) is 17.5. The van der Waals surface area contributed by atoms with E-state index in [9.17, 15) is 0 Å². The van der Waals surface area contributed by atoms with Crippen molar-refractivity contribution in [3.63, 3.8) is 0 Å². The number of nitrogens with two attached hydrogens (primary N) is 1. The summed E-state index contributed by atoms with van der Waals surface area (Å²) in [5.41, 5.74) is 11.0. The Morgan fingerprint density at radius 1 is 1.17 bits per heavy atom. The highest BCUT2D eigenvalue weighted by Gasteiger charge is 2.19. The van der Waals surface area contributed by atoms with E-state index >= 15 is 0 Å². The second kappa shape index (κ2) is 8.41. The Labute approximate surface area is 179 Å². The second-order valence-electron chi connectivity index (χ2n) is 7.85. The van der Waals surface area contributed by atoms with Crippen molar-refractivity contribution >= 4 is 34.0 Å². The summed E-state index contributed by atoms with van der Waals surface area (Å²) in [6, 6.07) is 11.1. The molecule has 5 N–H and O–H groups in total. The molecule has 5 rings (SSSR count). The Bertz CT molecular complexity index is 1110. The minimum atomic E-state index is 0.331. The van der Waals surface area contributed by atoms with Gasteiger partial charge in [0.15, 0.2) is 5.65 Å². The van der Waals surface area contributed by atoms with Crippen molar-refractivity contribution in [2.45, 2.75) is 44.3 Å². The van der Waals surface area contributed by atoms with Gasteiger partial charge in [-0.25, -0.2) is 4.98 Å². The molecule has 0 atom stereocenters. The number of aromatic amines is 1. The van der Waals surface area contributed by atoms with Gasteiger partial charge in [-0.2, -0.15) is 21.4 Å². The molecule has 0 spiro atoms. The Kier molecular flexibility index (Phi) is 5.33. The van der Waals surface area contributed by atoms with Crippen LogP contribution in [0, 0.1) is 0 Å². The Hall–Kier alpha value is -2.97. The van der Waals surface area contributed by atoms with E-state index in [0.29, 0.717) is 18.0 Å². The van der Waals surface area contributed by atoms with E-state index < -0.39 is 0 Å². The van der Waals surface area contributed by atoms with Crippen molar-refractivity contribution in [1.82, 2.24) is 20.2 Å².